The number of nitrogens with zero attached hydrogens (tertiary/aromatic N) is 3. The number of para-hydroxylation sites is 1. The van der Waals surface area contributed by atoms with E-state index in [1.54, 1.807) is 13.2 Å². The minimum absolute atomic E-state index is 0.0642. The SMILES string of the molecule is COc1ccc2nc(NC(=O)c3nn(-c4ccccc4)cc3O)sc2c1. The second kappa shape index (κ2) is 6.49. The maximum absolute atomic E-state index is 12.5. The van der Waals surface area contributed by atoms with Crippen molar-refractivity contribution in [3.8, 4) is 17.2 Å². The van der Waals surface area contributed by atoms with Crippen LogP contribution < -0.4 is 10.1 Å². The molecule has 1 amide bonds. The summed E-state index contributed by atoms with van der Waals surface area (Å²) in [6.45, 7) is 0. The highest BCUT2D eigenvalue weighted by Gasteiger charge is 2.18. The zero-order valence-electron chi connectivity index (χ0n) is 13.7. The van der Waals surface area contributed by atoms with Crippen LogP contribution in [0.5, 0.6) is 11.5 Å². The monoisotopic (exact) mass is 366 g/mol. The number of fused-ring (bicyclic) bond motifs is 1. The molecular weight excluding hydrogens is 352 g/mol. The molecule has 2 N–H and O–H groups in total. The molecule has 0 spiro atoms. The highest BCUT2D eigenvalue weighted by atomic mass is 32.1. The fraction of sp³-hybridized carbons (Fsp3) is 0.0556. The molecule has 0 unspecified atom stereocenters. The summed E-state index contributed by atoms with van der Waals surface area (Å²) in [7, 11) is 1.59. The Hall–Kier alpha value is -3.39. The summed E-state index contributed by atoms with van der Waals surface area (Å²) < 4.78 is 7.53. The Balaban J connectivity index is 1.59. The Morgan fingerprint density at radius 3 is 2.81 bits per heavy atom. The van der Waals surface area contributed by atoms with Crippen LogP contribution in [0.2, 0.25) is 0 Å². The molecule has 4 rings (SSSR count). The summed E-state index contributed by atoms with van der Waals surface area (Å²) >= 11 is 1.32. The Bertz CT molecular complexity index is 1090. The number of thiazole rings is 1. The molecule has 130 valence electrons. The van der Waals surface area contributed by atoms with Gasteiger partial charge in [-0.05, 0) is 30.3 Å². The maximum atomic E-state index is 12.5. The Labute approximate surface area is 152 Å². The first-order valence-corrected chi connectivity index (χ1v) is 8.55. The third-order valence-corrected chi connectivity index (χ3v) is 4.68. The number of aromatic nitrogens is 3. The van der Waals surface area contributed by atoms with Gasteiger partial charge in [-0.3, -0.25) is 10.1 Å². The van der Waals surface area contributed by atoms with Crippen molar-refractivity contribution in [3.63, 3.8) is 0 Å². The van der Waals surface area contributed by atoms with Gasteiger partial charge in [0.05, 0.1) is 29.2 Å². The number of benzene rings is 2. The van der Waals surface area contributed by atoms with E-state index in [0.717, 1.165) is 21.7 Å². The fourth-order valence-electron chi connectivity index (χ4n) is 2.48. The first-order valence-electron chi connectivity index (χ1n) is 7.74. The van der Waals surface area contributed by atoms with Crippen molar-refractivity contribution in [2.24, 2.45) is 0 Å². The highest BCUT2D eigenvalue weighted by Crippen LogP contribution is 2.30. The van der Waals surface area contributed by atoms with E-state index in [1.807, 2.05) is 42.5 Å². The molecule has 0 aliphatic heterocycles. The van der Waals surface area contributed by atoms with Crippen LogP contribution in [0.15, 0.2) is 54.7 Å². The zero-order chi connectivity index (χ0) is 18.1. The van der Waals surface area contributed by atoms with E-state index in [4.69, 9.17) is 4.74 Å². The third kappa shape index (κ3) is 2.98. The molecule has 4 aromatic rings. The van der Waals surface area contributed by atoms with E-state index < -0.39 is 5.91 Å². The van der Waals surface area contributed by atoms with E-state index in [0.29, 0.717) is 5.13 Å². The molecule has 0 saturated heterocycles. The molecule has 7 nitrogen and oxygen atoms in total. The molecule has 0 radical (unpaired) electrons. The first kappa shape index (κ1) is 16.1. The lowest BCUT2D eigenvalue weighted by molar-refractivity contribution is 0.101. The van der Waals surface area contributed by atoms with Gasteiger partial charge < -0.3 is 9.84 Å². The normalized spacial score (nSPS) is 10.8. The summed E-state index contributed by atoms with van der Waals surface area (Å²) in [6.07, 6.45) is 1.40. The Morgan fingerprint density at radius 1 is 1.23 bits per heavy atom. The van der Waals surface area contributed by atoms with Gasteiger partial charge in [0.25, 0.3) is 5.91 Å². The van der Waals surface area contributed by atoms with Gasteiger partial charge in [-0.2, -0.15) is 5.10 Å². The zero-order valence-corrected chi connectivity index (χ0v) is 14.5. The minimum Gasteiger partial charge on any atom is -0.504 e. The van der Waals surface area contributed by atoms with Crippen LogP contribution in [-0.2, 0) is 0 Å². The highest BCUT2D eigenvalue weighted by molar-refractivity contribution is 7.22. The predicted octanol–water partition coefficient (Wildman–Crippen LogP) is 3.45. The number of ether oxygens (including phenoxy) is 1. The van der Waals surface area contributed by atoms with Crippen molar-refractivity contribution in [2.75, 3.05) is 12.4 Å². The molecule has 8 heteroatoms. The smallest absolute Gasteiger partial charge is 0.281 e. The van der Waals surface area contributed by atoms with Gasteiger partial charge in [-0.25, -0.2) is 9.67 Å². The van der Waals surface area contributed by atoms with Gasteiger partial charge in [-0.1, -0.05) is 29.5 Å². The largest absolute Gasteiger partial charge is 0.504 e. The number of methoxy groups -OCH3 is 1. The standard InChI is InChI=1S/C18H14N4O3S/c1-25-12-7-8-13-15(9-12)26-18(19-13)20-17(24)16-14(23)10-22(21-16)11-5-3-2-4-6-11/h2-10,23H,1H3,(H,19,20,24). The van der Waals surface area contributed by atoms with E-state index in [1.165, 1.54) is 22.2 Å². The van der Waals surface area contributed by atoms with E-state index in [-0.39, 0.29) is 11.4 Å². The molecule has 0 atom stereocenters. The molecular formula is C18H14N4O3S. The Kier molecular flexibility index (Phi) is 4.02. The summed E-state index contributed by atoms with van der Waals surface area (Å²) in [6, 6.07) is 14.7. The number of rotatable bonds is 4. The van der Waals surface area contributed by atoms with E-state index in [9.17, 15) is 9.90 Å². The van der Waals surface area contributed by atoms with Gasteiger partial charge in [0.15, 0.2) is 16.6 Å². The third-order valence-electron chi connectivity index (χ3n) is 3.75. The molecule has 2 aromatic heterocycles. The number of amides is 1. The van der Waals surface area contributed by atoms with Gasteiger partial charge in [0.2, 0.25) is 0 Å². The second-order valence-corrected chi connectivity index (χ2v) is 6.48. The summed E-state index contributed by atoms with van der Waals surface area (Å²) in [5, 5.41) is 17.3. The predicted molar refractivity (Wildman–Crippen MR) is 99.4 cm³/mol. The molecule has 2 aromatic carbocycles. The van der Waals surface area contributed by atoms with Crippen molar-refractivity contribution in [1.82, 2.24) is 14.8 Å². The van der Waals surface area contributed by atoms with Gasteiger partial charge in [0.1, 0.15) is 5.75 Å². The second-order valence-electron chi connectivity index (χ2n) is 5.45. The molecule has 0 saturated carbocycles. The molecule has 0 bridgehead atoms. The van der Waals surface area contributed by atoms with E-state index in [2.05, 4.69) is 15.4 Å². The average molecular weight is 366 g/mol. The van der Waals surface area contributed by atoms with Crippen molar-refractivity contribution >= 4 is 32.6 Å². The lowest BCUT2D eigenvalue weighted by Crippen LogP contribution is -2.13. The molecule has 26 heavy (non-hydrogen) atoms. The minimum atomic E-state index is -0.525. The van der Waals surface area contributed by atoms with Crippen LogP contribution in [0, 0.1) is 0 Å². The number of aromatic hydroxyl groups is 1. The number of hydrogen-bond donors (Lipinski definition) is 2. The van der Waals surface area contributed by atoms with Crippen LogP contribution >= 0.6 is 11.3 Å². The molecule has 0 aliphatic rings. The van der Waals surface area contributed by atoms with Crippen molar-refractivity contribution < 1.29 is 14.6 Å². The summed E-state index contributed by atoms with van der Waals surface area (Å²) in [5.74, 6) is -0.00406. The first-order chi connectivity index (χ1) is 12.6. The quantitative estimate of drug-likeness (QED) is 0.577. The topological polar surface area (TPSA) is 89.3 Å². The fourth-order valence-corrected chi connectivity index (χ4v) is 3.37. The van der Waals surface area contributed by atoms with Crippen LogP contribution in [0.1, 0.15) is 10.5 Å². The van der Waals surface area contributed by atoms with Crippen LogP contribution in [0.4, 0.5) is 5.13 Å². The van der Waals surface area contributed by atoms with E-state index >= 15 is 0 Å². The van der Waals surface area contributed by atoms with Crippen molar-refractivity contribution in [2.45, 2.75) is 0 Å². The summed E-state index contributed by atoms with van der Waals surface area (Å²) in [5.41, 5.74) is 1.43. The van der Waals surface area contributed by atoms with Gasteiger partial charge in [-0.15, -0.1) is 0 Å². The number of nitrogens with one attached hydrogen (secondary N) is 1. The lowest BCUT2D eigenvalue weighted by Gasteiger charge is -2.00. The lowest BCUT2D eigenvalue weighted by atomic mass is 10.3. The molecule has 0 fully saturated rings. The average Bonchev–Trinajstić information content (AvgIpc) is 3.24. The molecule has 0 aliphatic carbocycles. The van der Waals surface area contributed by atoms with Crippen LogP contribution in [0.3, 0.4) is 0 Å². The summed E-state index contributed by atoms with van der Waals surface area (Å²) in [4.78, 5) is 16.8. The number of carbonyl (C=O) groups excluding carboxylic acids is 1. The molecule has 2 heterocycles. The maximum Gasteiger partial charge on any atom is 0.281 e. The van der Waals surface area contributed by atoms with Gasteiger partial charge >= 0.3 is 0 Å². The van der Waals surface area contributed by atoms with Crippen LogP contribution in [-0.4, -0.2) is 32.9 Å². The van der Waals surface area contributed by atoms with Crippen molar-refractivity contribution in [3.05, 3.63) is 60.4 Å². The number of hydrogen-bond acceptors (Lipinski definition) is 6. The number of anilines is 1. The van der Waals surface area contributed by atoms with Crippen molar-refractivity contribution in [1.29, 1.82) is 0 Å². The Morgan fingerprint density at radius 2 is 2.04 bits per heavy atom. The number of carbonyl (C=O) groups is 1. The van der Waals surface area contributed by atoms with Gasteiger partial charge in [0, 0.05) is 0 Å². The van der Waals surface area contributed by atoms with Crippen LogP contribution in [0.25, 0.3) is 15.9 Å².